The molecule has 2 aliphatic rings. The lowest BCUT2D eigenvalue weighted by Crippen LogP contribution is -2.41. The lowest BCUT2D eigenvalue weighted by molar-refractivity contribution is 0.184. The highest BCUT2D eigenvalue weighted by Gasteiger charge is 2.33. The van der Waals surface area contributed by atoms with E-state index in [0.717, 1.165) is 0 Å². The number of ether oxygens (including phenoxy) is 4. The van der Waals surface area contributed by atoms with Crippen LogP contribution in [0.1, 0.15) is 47.2 Å². The molecule has 2 N–H and O–H groups in total. The van der Waals surface area contributed by atoms with E-state index < -0.39 is 11.6 Å². The SMILES string of the molecule is CNC(=O)N1N=C(c2ccc(Cl)cc2)c2c(cc(OC)c(OC)c2F)CC1C.CNC(=O)N1N=C(c2ccc(Cl)cc2)c2c(cc(OC)c(OC)c2F)C[C@H]1C. The van der Waals surface area contributed by atoms with Gasteiger partial charge in [0.05, 0.1) is 40.5 Å². The first-order chi connectivity index (χ1) is 26.8. The topological polar surface area (TPSA) is 126 Å². The Morgan fingerprint density at radius 2 is 0.982 bits per heavy atom. The lowest BCUT2D eigenvalue weighted by atomic mass is 9.93. The van der Waals surface area contributed by atoms with Crippen molar-refractivity contribution in [1.82, 2.24) is 20.7 Å². The van der Waals surface area contributed by atoms with Crippen molar-refractivity contribution in [3.63, 3.8) is 0 Å². The molecule has 16 heteroatoms. The summed E-state index contributed by atoms with van der Waals surface area (Å²) in [5.41, 5.74) is 3.78. The van der Waals surface area contributed by atoms with Gasteiger partial charge in [-0.25, -0.2) is 28.4 Å². The van der Waals surface area contributed by atoms with Crippen LogP contribution in [0.25, 0.3) is 0 Å². The fourth-order valence-electron chi connectivity index (χ4n) is 6.50. The molecule has 4 aromatic rings. The molecule has 4 aromatic carbocycles. The number of nitrogens with zero attached hydrogens (tertiary/aromatic N) is 4. The van der Waals surface area contributed by atoms with Crippen LogP contribution in [-0.4, -0.2) is 88.1 Å². The van der Waals surface area contributed by atoms with E-state index in [-0.39, 0.29) is 58.3 Å². The molecule has 0 spiro atoms. The molecule has 0 aromatic heterocycles. The van der Waals surface area contributed by atoms with E-state index in [2.05, 4.69) is 20.8 Å². The number of hydrogen-bond acceptors (Lipinski definition) is 8. The maximum atomic E-state index is 15.5. The number of carbonyl (C=O) groups is 2. The molecule has 2 atom stereocenters. The molecule has 0 saturated heterocycles. The summed E-state index contributed by atoms with van der Waals surface area (Å²) in [4.78, 5) is 24.8. The molecule has 56 heavy (non-hydrogen) atoms. The van der Waals surface area contributed by atoms with Crippen molar-refractivity contribution in [1.29, 1.82) is 0 Å². The van der Waals surface area contributed by atoms with Gasteiger partial charge < -0.3 is 29.6 Å². The van der Waals surface area contributed by atoms with Crippen molar-refractivity contribution in [3.8, 4) is 23.0 Å². The second kappa shape index (κ2) is 17.9. The van der Waals surface area contributed by atoms with E-state index in [1.807, 2.05) is 13.8 Å². The number of methoxy groups -OCH3 is 4. The van der Waals surface area contributed by atoms with Gasteiger partial charge in [-0.2, -0.15) is 10.2 Å². The zero-order valence-electron chi connectivity index (χ0n) is 32.1. The molecule has 2 aliphatic heterocycles. The number of hydrazone groups is 2. The molecule has 296 valence electrons. The molecular weight excluding hydrogens is 769 g/mol. The van der Waals surface area contributed by atoms with Gasteiger partial charge in [0, 0.05) is 46.4 Å². The summed E-state index contributed by atoms with van der Waals surface area (Å²) in [7, 11) is 8.71. The number of rotatable bonds is 6. The largest absolute Gasteiger partial charge is 0.493 e. The van der Waals surface area contributed by atoms with Gasteiger partial charge in [0.1, 0.15) is 11.4 Å². The van der Waals surface area contributed by atoms with Gasteiger partial charge in [-0.1, -0.05) is 47.5 Å². The van der Waals surface area contributed by atoms with Gasteiger partial charge >= 0.3 is 12.1 Å². The Morgan fingerprint density at radius 1 is 0.643 bits per heavy atom. The van der Waals surface area contributed by atoms with Crippen LogP contribution in [0.15, 0.2) is 70.9 Å². The van der Waals surface area contributed by atoms with Crippen molar-refractivity contribution >= 4 is 46.7 Å². The molecule has 1 unspecified atom stereocenters. The zero-order chi connectivity index (χ0) is 40.8. The Bertz CT molecular complexity index is 2020. The minimum absolute atomic E-state index is 0.0102. The van der Waals surface area contributed by atoms with Crippen LogP contribution < -0.4 is 29.6 Å². The third-order valence-electron chi connectivity index (χ3n) is 9.22. The number of halogens is 4. The summed E-state index contributed by atoms with van der Waals surface area (Å²) in [5, 5.41) is 17.9. The Balaban J connectivity index is 0.000000214. The van der Waals surface area contributed by atoms with Crippen molar-refractivity contribution in [2.24, 2.45) is 10.2 Å². The van der Waals surface area contributed by atoms with E-state index in [9.17, 15) is 9.59 Å². The van der Waals surface area contributed by atoms with Crippen LogP contribution in [0, 0.1) is 11.6 Å². The molecule has 2 heterocycles. The minimum atomic E-state index is -0.587. The van der Waals surface area contributed by atoms with Crippen LogP contribution >= 0.6 is 23.2 Å². The monoisotopic (exact) mass is 810 g/mol. The molecule has 12 nitrogen and oxygen atoms in total. The summed E-state index contributed by atoms with van der Waals surface area (Å²) in [6.07, 6.45) is 0.779. The summed E-state index contributed by atoms with van der Waals surface area (Å²) in [5.74, 6) is -0.620. The van der Waals surface area contributed by atoms with Gasteiger partial charge in [-0.3, -0.25) is 0 Å². The Hall–Kier alpha value is -5.60. The average Bonchev–Trinajstić information content (AvgIpc) is 3.44. The standard InChI is InChI=1S/2C20H21ClFN3O3/c2*1-11-9-13-10-15(27-3)19(28-4)17(22)16(13)18(24-25(11)20(26)23-2)12-5-7-14(21)8-6-12/h2*5-8,10-11H,9H2,1-4H3,(H,23,26)/t11-;/m1./s1. The molecule has 6 rings (SSSR count). The van der Waals surface area contributed by atoms with Gasteiger partial charge in [0.15, 0.2) is 34.6 Å². The van der Waals surface area contributed by atoms with Crippen LogP contribution in [-0.2, 0) is 12.8 Å². The number of carbonyl (C=O) groups excluding carboxylic acids is 2. The van der Waals surface area contributed by atoms with Crippen molar-refractivity contribution in [2.75, 3.05) is 42.5 Å². The smallest absolute Gasteiger partial charge is 0.337 e. The van der Waals surface area contributed by atoms with Crippen LogP contribution in [0.5, 0.6) is 23.0 Å². The molecule has 0 aliphatic carbocycles. The predicted octanol–water partition coefficient (Wildman–Crippen LogP) is 7.67. The first kappa shape index (κ1) is 41.6. The number of hydrogen-bond donors (Lipinski definition) is 2. The normalized spacial score (nSPS) is 16.0. The molecule has 0 fully saturated rings. The van der Waals surface area contributed by atoms with E-state index in [4.69, 9.17) is 42.1 Å². The third kappa shape index (κ3) is 8.31. The highest BCUT2D eigenvalue weighted by molar-refractivity contribution is 6.31. The van der Waals surface area contributed by atoms with E-state index in [0.29, 0.717) is 56.6 Å². The summed E-state index contributed by atoms with van der Waals surface area (Å²) in [6, 6.07) is 15.8. The first-order valence-corrected chi connectivity index (χ1v) is 18.2. The quantitative estimate of drug-likeness (QED) is 0.206. The van der Waals surface area contributed by atoms with Gasteiger partial charge in [0.2, 0.25) is 0 Å². The van der Waals surface area contributed by atoms with Crippen molar-refractivity contribution in [3.05, 3.63) is 116 Å². The van der Waals surface area contributed by atoms with Gasteiger partial charge in [-0.05, 0) is 74.2 Å². The number of benzene rings is 4. The molecule has 0 radical (unpaired) electrons. The van der Waals surface area contributed by atoms with E-state index in [1.165, 1.54) is 52.6 Å². The van der Waals surface area contributed by atoms with Gasteiger partial charge in [-0.15, -0.1) is 0 Å². The number of fused-ring (bicyclic) bond motifs is 2. The number of nitrogens with one attached hydrogen (secondary N) is 2. The Labute approximate surface area is 334 Å². The number of amides is 4. The fourth-order valence-corrected chi connectivity index (χ4v) is 6.75. The Kier molecular flexibility index (Phi) is 13.3. The second-order valence-corrected chi connectivity index (χ2v) is 13.6. The third-order valence-corrected chi connectivity index (χ3v) is 9.72. The minimum Gasteiger partial charge on any atom is -0.493 e. The molecule has 0 bridgehead atoms. The highest BCUT2D eigenvalue weighted by Crippen LogP contribution is 2.39. The summed E-state index contributed by atoms with van der Waals surface area (Å²) in [6.45, 7) is 3.70. The molecule has 4 amide bonds. The van der Waals surface area contributed by atoms with Crippen LogP contribution in [0.4, 0.5) is 18.4 Å². The average molecular weight is 812 g/mol. The van der Waals surface area contributed by atoms with Crippen LogP contribution in [0.2, 0.25) is 10.0 Å². The summed E-state index contributed by atoms with van der Waals surface area (Å²) < 4.78 is 52.1. The maximum Gasteiger partial charge on any atom is 0.337 e. The van der Waals surface area contributed by atoms with Crippen molar-refractivity contribution in [2.45, 2.75) is 38.8 Å². The first-order valence-electron chi connectivity index (χ1n) is 17.4. The molecular formula is C40H42Cl2F2N6O6. The molecule has 0 saturated carbocycles. The van der Waals surface area contributed by atoms with Crippen LogP contribution in [0.3, 0.4) is 0 Å². The fraction of sp³-hybridized carbons (Fsp3) is 0.300. The van der Waals surface area contributed by atoms with E-state index in [1.54, 1.807) is 60.7 Å². The van der Waals surface area contributed by atoms with Crippen molar-refractivity contribution < 1.29 is 37.3 Å². The maximum absolute atomic E-state index is 15.5. The second-order valence-electron chi connectivity index (χ2n) is 12.7. The lowest BCUT2D eigenvalue weighted by Gasteiger charge is -2.22. The number of urea groups is 2. The highest BCUT2D eigenvalue weighted by atomic mass is 35.5. The Morgan fingerprint density at radius 3 is 1.27 bits per heavy atom. The predicted molar refractivity (Wildman–Crippen MR) is 212 cm³/mol. The van der Waals surface area contributed by atoms with E-state index >= 15 is 8.78 Å². The van der Waals surface area contributed by atoms with Gasteiger partial charge in [0.25, 0.3) is 0 Å². The zero-order valence-corrected chi connectivity index (χ0v) is 33.6. The summed E-state index contributed by atoms with van der Waals surface area (Å²) >= 11 is 12.0.